The molecular weight excluding hydrogens is 436 g/mol. The van der Waals surface area contributed by atoms with Crippen LogP contribution >= 0.6 is 11.5 Å². The van der Waals surface area contributed by atoms with Crippen molar-refractivity contribution >= 4 is 34.2 Å². The summed E-state index contributed by atoms with van der Waals surface area (Å²) in [6.45, 7) is 6.77. The smallest absolute Gasteiger partial charge is 0.322 e. The Balaban J connectivity index is 1.12. The minimum Gasteiger partial charge on any atom is -0.354 e. The van der Waals surface area contributed by atoms with Gasteiger partial charge < -0.3 is 24.9 Å². The molecule has 9 nitrogen and oxygen atoms in total. The number of hydrogen-bond acceptors (Lipinski definition) is 8. The molecule has 33 heavy (non-hydrogen) atoms. The van der Waals surface area contributed by atoms with Gasteiger partial charge >= 0.3 is 6.03 Å². The molecule has 2 saturated heterocycles. The topological polar surface area (TPSA) is 80.7 Å². The summed E-state index contributed by atoms with van der Waals surface area (Å²) in [5.74, 6) is 1.71. The number of nitrogens with one attached hydrogen (secondary N) is 1. The van der Waals surface area contributed by atoms with Crippen molar-refractivity contribution in [1.82, 2.24) is 24.1 Å². The molecule has 0 unspecified atom stereocenters. The number of carbonyl (C=O) groups is 1. The highest BCUT2D eigenvalue weighted by Gasteiger charge is 2.24. The van der Waals surface area contributed by atoms with Crippen LogP contribution < -0.4 is 15.1 Å². The number of pyridine rings is 1. The Morgan fingerprint density at radius 3 is 2.33 bits per heavy atom. The van der Waals surface area contributed by atoms with Crippen LogP contribution in [0, 0.1) is 0 Å². The van der Waals surface area contributed by atoms with E-state index < -0.39 is 0 Å². The van der Waals surface area contributed by atoms with Crippen LogP contribution in [-0.2, 0) is 0 Å². The maximum atomic E-state index is 12.7. The van der Waals surface area contributed by atoms with E-state index in [0.29, 0.717) is 13.1 Å². The van der Waals surface area contributed by atoms with Crippen LogP contribution in [0.1, 0.15) is 0 Å². The monoisotopic (exact) mass is 464 g/mol. The van der Waals surface area contributed by atoms with E-state index in [1.54, 1.807) is 6.20 Å². The fourth-order valence-electron chi connectivity index (χ4n) is 4.03. The molecule has 5 rings (SSSR count). The molecule has 2 fully saturated rings. The number of carbonyl (C=O) groups excluding carboxylic acids is 1. The van der Waals surface area contributed by atoms with Crippen LogP contribution in [0.5, 0.6) is 0 Å². The highest BCUT2D eigenvalue weighted by atomic mass is 32.1. The predicted octanol–water partition coefficient (Wildman–Crippen LogP) is 2.71. The van der Waals surface area contributed by atoms with E-state index in [9.17, 15) is 4.79 Å². The first-order valence-electron chi connectivity index (χ1n) is 11.3. The van der Waals surface area contributed by atoms with Crippen molar-refractivity contribution in [2.75, 3.05) is 74.5 Å². The Labute approximate surface area is 197 Å². The first kappa shape index (κ1) is 21.6. The van der Waals surface area contributed by atoms with Gasteiger partial charge in [0.1, 0.15) is 5.82 Å². The summed E-state index contributed by atoms with van der Waals surface area (Å²) >= 11 is 1.41. The van der Waals surface area contributed by atoms with Gasteiger partial charge in [0.25, 0.3) is 0 Å². The van der Waals surface area contributed by atoms with Gasteiger partial charge in [-0.15, -0.1) is 0 Å². The number of aromatic nitrogens is 3. The van der Waals surface area contributed by atoms with Gasteiger partial charge in [-0.1, -0.05) is 30.3 Å². The van der Waals surface area contributed by atoms with E-state index in [1.807, 2.05) is 47.4 Å². The number of nitrogens with zero attached hydrogens (tertiary/aromatic N) is 7. The lowest BCUT2D eigenvalue weighted by atomic mass is 10.2. The quantitative estimate of drug-likeness (QED) is 0.636. The number of piperazine rings is 2. The lowest BCUT2D eigenvalue weighted by Gasteiger charge is -2.34. The molecular formula is C23H28N8OS. The molecule has 10 heteroatoms. The third-order valence-corrected chi connectivity index (χ3v) is 6.89. The van der Waals surface area contributed by atoms with Crippen molar-refractivity contribution in [3.63, 3.8) is 0 Å². The molecule has 0 aliphatic carbocycles. The summed E-state index contributed by atoms with van der Waals surface area (Å²) in [5.41, 5.74) is 1.74. The molecule has 0 atom stereocenters. The first-order chi connectivity index (χ1) is 16.2. The Bertz CT molecular complexity index is 1060. The van der Waals surface area contributed by atoms with Crippen LogP contribution in [0.15, 0.2) is 48.7 Å². The lowest BCUT2D eigenvalue weighted by molar-refractivity contribution is 0.208. The molecule has 0 bridgehead atoms. The fraction of sp³-hybridized carbons (Fsp3) is 0.391. The predicted molar refractivity (Wildman–Crippen MR) is 132 cm³/mol. The first-order valence-corrected chi connectivity index (χ1v) is 12.0. The Hall–Kier alpha value is -3.24. The second-order valence-electron chi connectivity index (χ2n) is 8.37. The second kappa shape index (κ2) is 9.72. The van der Waals surface area contributed by atoms with Gasteiger partial charge in [0.15, 0.2) is 5.82 Å². The van der Waals surface area contributed by atoms with Crippen LogP contribution in [0.2, 0.25) is 0 Å². The van der Waals surface area contributed by atoms with E-state index in [0.717, 1.165) is 67.3 Å². The molecule has 0 spiro atoms. The zero-order chi connectivity index (χ0) is 22.6. The van der Waals surface area contributed by atoms with Crippen LogP contribution in [-0.4, -0.2) is 89.6 Å². The third kappa shape index (κ3) is 5.07. The third-order valence-electron chi connectivity index (χ3n) is 6.11. The zero-order valence-corrected chi connectivity index (χ0v) is 19.5. The summed E-state index contributed by atoms with van der Waals surface area (Å²) < 4.78 is 4.50. The van der Waals surface area contributed by atoms with Gasteiger partial charge in [-0.05, 0) is 19.2 Å². The van der Waals surface area contributed by atoms with Gasteiger partial charge in [0.2, 0.25) is 5.13 Å². The van der Waals surface area contributed by atoms with Crippen LogP contribution in [0.25, 0.3) is 11.4 Å². The maximum Gasteiger partial charge on any atom is 0.322 e. The van der Waals surface area contributed by atoms with Crippen molar-refractivity contribution < 1.29 is 4.79 Å². The summed E-state index contributed by atoms with van der Waals surface area (Å²) in [4.78, 5) is 30.6. The number of hydrogen-bond donors (Lipinski definition) is 1. The fourth-order valence-corrected chi connectivity index (χ4v) is 4.77. The zero-order valence-electron chi connectivity index (χ0n) is 18.7. The van der Waals surface area contributed by atoms with Gasteiger partial charge in [0.05, 0.1) is 11.9 Å². The van der Waals surface area contributed by atoms with Gasteiger partial charge in [-0.25, -0.2) is 9.78 Å². The minimum atomic E-state index is -0.0916. The maximum absolute atomic E-state index is 12.7. The number of anilines is 3. The van der Waals surface area contributed by atoms with Crippen molar-refractivity contribution in [2.24, 2.45) is 0 Å². The number of benzene rings is 1. The van der Waals surface area contributed by atoms with Crippen molar-refractivity contribution in [3.8, 4) is 11.4 Å². The van der Waals surface area contributed by atoms with E-state index in [2.05, 4.69) is 36.4 Å². The largest absolute Gasteiger partial charge is 0.354 e. The average molecular weight is 465 g/mol. The molecule has 0 radical (unpaired) electrons. The van der Waals surface area contributed by atoms with Crippen molar-refractivity contribution in [3.05, 3.63) is 48.7 Å². The molecule has 2 aliphatic heterocycles. The number of rotatable bonds is 4. The van der Waals surface area contributed by atoms with Crippen molar-refractivity contribution in [1.29, 1.82) is 0 Å². The molecule has 3 aromatic rings. The van der Waals surface area contributed by atoms with Crippen LogP contribution in [0.4, 0.5) is 21.4 Å². The normalized spacial score (nSPS) is 17.3. The summed E-state index contributed by atoms with van der Waals surface area (Å²) in [6.07, 6.45) is 1.74. The van der Waals surface area contributed by atoms with Gasteiger partial charge in [0, 0.05) is 69.5 Å². The number of likely N-dealkylation sites (N-methyl/N-ethyl adjacent to an activating group) is 1. The Morgan fingerprint density at radius 1 is 0.909 bits per heavy atom. The van der Waals surface area contributed by atoms with E-state index in [-0.39, 0.29) is 6.03 Å². The molecule has 1 N–H and O–H groups in total. The Morgan fingerprint density at radius 2 is 1.64 bits per heavy atom. The standard InChI is InChI=1S/C23H28N8OS/c1-28-9-11-29(12-10-28)20-8-7-19(17-24-20)25-22(32)30-13-15-31(16-14-30)23-26-21(27-33-23)18-5-3-2-4-6-18/h2-8,17H,9-16H2,1H3,(H,25,32). The molecule has 4 heterocycles. The summed E-state index contributed by atoms with van der Waals surface area (Å²) in [5, 5.41) is 3.88. The van der Waals surface area contributed by atoms with Crippen molar-refractivity contribution in [2.45, 2.75) is 0 Å². The van der Waals surface area contributed by atoms with E-state index in [1.165, 1.54) is 11.5 Å². The molecule has 2 amide bonds. The number of amides is 2. The molecule has 2 aliphatic rings. The second-order valence-corrected chi connectivity index (χ2v) is 9.10. The van der Waals surface area contributed by atoms with E-state index in [4.69, 9.17) is 4.98 Å². The highest BCUT2D eigenvalue weighted by molar-refractivity contribution is 7.09. The lowest BCUT2D eigenvalue weighted by Crippen LogP contribution is -2.50. The summed E-state index contributed by atoms with van der Waals surface area (Å²) in [6, 6.07) is 13.8. The molecule has 172 valence electrons. The highest BCUT2D eigenvalue weighted by Crippen LogP contribution is 2.25. The van der Waals surface area contributed by atoms with Crippen LogP contribution in [0.3, 0.4) is 0 Å². The molecule has 2 aromatic heterocycles. The average Bonchev–Trinajstić information content (AvgIpc) is 3.36. The molecule has 0 saturated carbocycles. The number of urea groups is 1. The summed E-state index contributed by atoms with van der Waals surface area (Å²) in [7, 11) is 2.14. The molecule has 1 aromatic carbocycles. The van der Waals surface area contributed by atoms with Gasteiger partial charge in [-0.3, -0.25) is 0 Å². The van der Waals surface area contributed by atoms with Gasteiger partial charge in [-0.2, -0.15) is 9.36 Å². The minimum absolute atomic E-state index is 0.0916. The SMILES string of the molecule is CN1CCN(c2ccc(NC(=O)N3CCN(c4nc(-c5ccccc5)ns4)CC3)cn2)CC1. The van der Waals surface area contributed by atoms with E-state index >= 15 is 0 Å². The Kier molecular flexibility index (Phi) is 6.36.